The third kappa shape index (κ3) is 7.02. The largest absolute Gasteiger partial charge is 0.472 e. The summed E-state index contributed by atoms with van der Waals surface area (Å²) in [6, 6.07) is 9.26. The number of carbonyl (C=O) groups is 3. The predicted molar refractivity (Wildman–Crippen MR) is 123 cm³/mol. The van der Waals surface area contributed by atoms with E-state index in [-0.39, 0.29) is 83.1 Å². The van der Waals surface area contributed by atoms with Gasteiger partial charge in [0.2, 0.25) is 0 Å². The zero-order chi connectivity index (χ0) is 23.4. The molecule has 176 valence electrons. The minimum absolute atomic E-state index is 0. The maximum atomic E-state index is 11.6. The standard InChI is InChI=1S/C12H13O3S.C12H11O3S.2Y/c2*1-3-15-12(14)8-4-5-10-11(7(8)2)9(13)6-16-10;;/h4,9,13H,3,6H2,1-2H3;4H,3,6H2,1-2H3;;/q2*-1;;. The molecule has 0 fully saturated rings. The Balaban J connectivity index is 0.000000321. The summed E-state index contributed by atoms with van der Waals surface area (Å²) in [6.45, 7) is 7.84. The fourth-order valence-corrected chi connectivity index (χ4v) is 5.58. The number of esters is 2. The minimum Gasteiger partial charge on any atom is -0.472 e. The summed E-state index contributed by atoms with van der Waals surface area (Å²) >= 11 is 3.03. The summed E-state index contributed by atoms with van der Waals surface area (Å²) in [4.78, 5) is 36.7. The molecule has 2 aromatic rings. The monoisotopic (exact) mass is 650 g/mol. The predicted octanol–water partition coefficient (Wildman–Crippen LogP) is 4.37. The second-order valence-corrected chi connectivity index (χ2v) is 9.10. The first-order valence-corrected chi connectivity index (χ1v) is 12.2. The van der Waals surface area contributed by atoms with Crippen molar-refractivity contribution in [1.82, 2.24) is 0 Å². The molecule has 2 aliphatic heterocycles. The van der Waals surface area contributed by atoms with Crippen molar-refractivity contribution in [2.75, 3.05) is 24.7 Å². The van der Waals surface area contributed by atoms with Crippen LogP contribution in [0.1, 0.15) is 67.7 Å². The van der Waals surface area contributed by atoms with E-state index in [9.17, 15) is 19.5 Å². The van der Waals surface area contributed by atoms with Gasteiger partial charge in [0.25, 0.3) is 11.9 Å². The van der Waals surface area contributed by atoms with Crippen molar-refractivity contribution in [3.63, 3.8) is 0 Å². The fraction of sp³-hybridized carbons (Fsp3) is 0.375. The Labute approximate surface area is 258 Å². The van der Waals surface area contributed by atoms with Crippen LogP contribution in [0.2, 0.25) is 0 Å². The van der Waals surface area contributed by atoms with E-state index < -0.39 is 6.10 Å². The molecule has 0 saturated heterocycles. The van der Waals surface area contributed by atoms with Gasteiger partial charge in [-0.05, 0) is 25.0 Å². The topological polar surface area (TPSA) is 89.9 Å². The van der Waals surface area contributed by atoms with Crippen LogP contribution in [0.15, 0.2) is 21.9 Å². The third-order valence-electron chi connectivity index (χ3n) is 5.09. The van der Waals surface area contributed by atoms with E-state index in [4.69, 9.17) is 9.47 Å². The first-order valence-electron chi connectivity index (χ1n) is 10.2. The smallest absolute Gasteiger partial charge is 0.281 e. The van der Waals surface area contributed by atoms with Crippen molar-refractivity contribution < 1.29 is 94.4 Å². The zero-order valence-corrected chi connectivity index (χ0v) is 26.8. The number of carbonyl (C=O) groups excluding carboxylic acids is 3. The van der Waals surface area contributed by atoms with Crippen molar-refractivity contribution >= 4 is 41.2 Å². The molecule has 6 nitrogen and oxygen atoms in total. The average Bonchev–Trinajstić information content (AvgIpc) is 3.33. The Hall–Kier alpha value is -0.0822. The van der Waals surface area contributed by atoms with Crippen LogP contribution >= 0.6 is 23.5 Å². The number of thioether (sulfide) groups is 2. The van der Waals surface area contributed by atoms with Crippen molar-refractivity contribution in [3.8, 4) is 0 Å². The van der Waals surface area contributed by atoms with Gasteiger partial charge in [-0.1, -0.05) is 24.3 Å². The van der Waals surface area contributed by atoms with Crippen LogP contribution in [0.3, 0.4) is 0 Å². The molecule has 0 saturated carbocycles. The summed E-state index contributed by atoms with van der Waals surface area (Å²) in [6.07, 6.45) is -0.495. The van der Waals surface area contributed by atoms with E-state index in [1.165, 1.54) is 11.8 Å². The van der Waals surface area contributed by atoms with Gasteiger partial charge in [0.1, 0.15) is 5.78 Å². The van der Waals surface area contributed by atoms with Gasteiger partial charge >= 0.3 is 0 Å². The Morgan fingerprint density at radius 2 is 1.50 bits per heavy atom. The summed E-state index contributed by atoms with van der Waals surface area (Å²) in [5.74, 6) is 0.421. The Kier molecular flexibility index (Phi) is 13.7. The number of hydrogen-bond acceptors (Lipinski definition) is 8. The van der Waals surface area contributed by atoms with Gasteiger partial charge in [0, 0.05) is 83.0 Å². The number of ketones is 1. The third-order valence-corrected chi connectivity index (χ3v) is 7.22. The second kappa shape index (κ2) is 14.6. The van der Waals surface area contributed by atoms with E-state index in [2.05, 4.69) is 12.1 Å². The molecule has 1 unspecified atom stereocenters. The van der Waals surface area contributed by atoms with Gasteiger partial charge < -0.3 is 19.4 Å². The molecule has 2 aliphatic rings. The molecule has 10 heteroatoms. The van der Waals surface area contributed by atoms with Crippen LogP contribution in [-0.2, 0) is 74.9 Å². The Morgan fingerprint density at radius 1 is 0.971 bits per heavy atom. The van der Waals surface area contributed by atoms with Gasteiger partial charge in [-0.25, -0.2) is 0 Å². The van der Waals surface area contributed by atoms with Crippen molar-refractivity contribution in [2.24, 2.45) is 0 Å². The first-order chi connectivity index (χ1) is 15.3. The van der Waals surface area contributed by atoms with Gasteiger partial charge in [-0.3, -0.25) is 9.59 Å². The Bertz CT molecular complexity index is 1070. The number of aliphatic hydroxyl groups excluding tert-OH is 1. The number of hydrogen-bond donors (Lipinski definition) is 1. The first kappa shape index (κ1) is 31.9. The molecular weight excluding hydrogens is 626 g/mol. The van der Waals surface area contributed by atoms with Crippen LogP contribution < -0.4 is 0 Å². The van der Waals surface area contributed by atoms with E-state index in [1.54, 1.807) is 44.7 Å². The minimum atomic E-state index is -0.495. The van der Waals surface area contributed by atoms with Crippen molar-refractivity contribution in [3.05, 3.63) is 57.6 Å². The summed E-state index contributed by atoms with van der Waals surface area (Å²) in [7, 11) is 0. The number of ether oxygens (including phenoxy) is 2. The molecule has 0 aromatic heterocycles. The maximum absolute atomic E-state index is 11.6. The number of fused-ring (bicyclic) bond motifs is 2. The normalized spacial score (nSPS) is 15.1. The van der Waals surface area contributed by atoms with Gasteiger partial charge in [0.15, 0.2) is 0 Å². The molecule has 1 N–H and O–H groups in total. The van der Waals surface area contributed by atoms with Gasteiger partial charge in [0.05, 0.1) is 13.2 Å². The quantitative estimate of drug-likeness (QED) is 0.386. The number of rotatable bonds is 4. The molecule has 0 amide bonds. The van der Waals surface area contributed by atoms with Crippen LogP contribution in [0.25, 0.3) is 0 Å². The SMILES string of the molecule is CCOC(=O)c1c[c-]c2c(c1C)C(=O)CS2.CCOC(=O)c1c[c-]c2c(c1C)C(O)CS2.[Y].[Y]. The van der Waals surface area contributed by atoms with Crippen LogP contribution in [0.5, 0.6) is 0 Å². The zero-order valence-electron chi connectivity index (χ0n) is 19.5. The van der Waals surface area contributed by atoms with Gasteiger partial charge in [-0.15, -0.1) is 33.3 Å². The van der Waals surface area contributed by atoms with E-state index >= 15 is 0 Å². The molecule has 2 aromatic carbocycles. The van der Waals surface area contributed by atoms with Crippen LogP contribution in [-0.4, -0.2) is 47.5 Å². The molecule has 34 heavy (non-hydrogen) atoms. The summed E-state index contributed by atoms with van der Waals surface area (Å²) < 4.78 is 9.88. The molecule has 2 radical (unpaired) electrons. The molecule has 1 atom stereocenters. The molecule has 4 rings (SSSR count). The van der Waals surface area contributed by atoms with Gasteiger partial charge in [-0.2, -0.15) is 36.0 Å². The van der Waals surface area contributed by atoms with Crippen molar-refractivity contribution in [2.45, 2.75) is 43.6 Å². The van der Waals surface area contributed by atoms with E-state index in [1.807, 2.05) is 6.92 Å². The molecule has 0 aliphatic carbocycles. The van der Waals surface area contributed by atoms with E-state index in [0.29, 0.717) is 47.0 Å². The van der Waals surface area contributed by atoms with Crippen LogP contribution in [0, 0.1) is 26.0 Å². The van der Waals surface area contributed by atoms with Crippen molar-refractivity contribution in [1.29, 1.82) is 0 Å². The molecule has 0 spiro atoms. The summed E-state index contributed by atoms with van der Waals surface area (Å²) in [5.41, 5.74) is 3.93. The Morgan fingerprint density at radius 3 is 2.06 bits per heavy atom. The summed E-state index contributed by atoms with van der Waals surface area (Å²) in [5, 5.41) is 9.81. The second-order valence-electron chi connectivity index (χ2n) is 7.08. The number of aliphatic hydroxyl groups is 1. The molecular formula is C24H24O6S2Y2-2. The number of benzene rings is 2. The molecule has 2 heterocycles. The fourth-order valence-electron chi connectivity index (χ4n) is 3.53. The van der Waals surface area contributed by atoms with Crippen LogP contribution in [0.4, 0.5) is 0 Å². The average molecular weight is 650 g/mol. The maximum Gasteiger partial charge on any atom is 0.281 e. The number of Topliss-reactive ketones (excluding diaryl/α,β-unsaturated/α-hetero) is 1. The van der Waals surface area contributed by atoms with E-state index in [0.717, 1.165) is 20.9 Å². The molecule has 0 bridgehead atoms.